The molecule has 0 aromatic heterocycles. The van der Waals surface area contributed by atoms with Crippen molar-refractivity contribution >= 4 is 27.5 Å². The minimum atomic E-state index is 0.153. The van der Waals surface area contributed by atoms with Gasteiger partial charge in [0.25, 0.3) is 0 Å². The van der Waals surface area contributed by atoms with Crippen LogP contribution in [0.25, 0.3) is 0 Å². The third kappa shape index (κ3) is 4.96. The van der Waals surface area contributed by atoms with Crippen molar-refractivity contribution < 1.29 is 0 Å². The van der Waals surface area contributed by atoms with E-state index in [1.165, 1.54) is 0 Å². The van der Waals surface area contributed by atoms with Crippen LogP contribution in [0.3, 0.4) is 0 Å². The molecule has 1 unspecified atom stereocenters. The summed E-state index contributed by atoms with van der Waals surface area (Å²) < 4.78 is 0.912. The molecule has 0 aliphatic carbocycles. The van der Waals surface area contributed by atoms with E-state index in [0.29, 0.717) is 5.41 Å². The highest BCUT2D eigenvalue weighted by Gasteiger charge is 2.16. The summed E-state index contributed by atoms with van der Waals surface area (Å²) in [5.74, 6) is 5.62. The summed E-state index contributed by atoms with van der Waals surface area (Å²) in [6, 6.07) is 6.11. The molecule has 0 radical (unpaired) electrons. The Morgan fingerprint density at radius 1 is 1.41 bits per heavy atom. The predicted molar refractivity (Wildman–Crippen MR) is 77.9 cm³/mol. The number of nitrogens with one attached hydrogen (secondary N) is 1. The van der Waals surface area contributed by atoms with Gasteiger partial charge >= 0.3 is 0 Å². The molecule has 1 aromatic carbocycles. The minimum Gasteiger partial charge on any atom is -0.271 e. The van der Waals surface area contributed by atoms with Gasteiger partial charge in [-0.25, -0.2) is 0 Å². The van der Waals surface area contributed by atoms with E-state index in [2.05, 4.69) is 42.1 Å². The van der Waals surface area contributed by atoms with Gasteiger partial charge in [-0.15, -0.1) is 0 Å². The molecule has 0 aliphatic heterocycles. The number of hydrogen-bond acceptors (Lipinski definition) is 2. The third-order valence-electron chi connectivity index (χ3n) is 2.73. The molecular weight excluding hydrogens is 300 g/mol. The molecule has 0 amide bonds. The van der Waals surface area contributed by atoms with Crippen molar-refractivity contribution in [3.05, 3.63) is 33.3 Å². The van der Waals surface area contributed by atoms with Crippen LogP contribution in [0, 0.1) is 5.41 Å². The Hall–Kier alpha value is -0.0900. The second-order valence-electron chi connectivity index (χ2n) is 5.49. The van der Waals surface area contributed by atoms with Crippen molar-refractivity contribution in [2.24, 2.45) is 11.3 Å². The van der Waals surface area contributed by atoms with Crippen LogP contribution in [0.1, 0.15) is 45.2 Å². The van der Waals surface area contributed by atoms with E-state index >= 15 is 0 Å². The zero-order valence-corrected chi connectivity index (χ0v) is 12.9. The Bertz CT molecular complexity index is 374. The predicted octanol–water partition coefficient (Wildman–Crippen LogP) is 4.43. The van der Waals surface area contributed by atoms with Gasteiger partial charge in [0.2, 0.25) is 0 Å². The number of benzene rings is 1. The normalized spacial score (nSPS) is 13.8. The number of hydrogen-bond donors (Lipinski definition) is 2. The molecule has 0 heterocycles. The first kappa shape index (κ1) is 15.0. The monoisotopic (exact) mass is 318 g/mol. The van der Waals surface area contributed by atoms with Gasteiger partial charge in [-0.3, -0.25) is 11.3 Å². The molecule has 0 bridgehead atoms. The first-order valence-corrected chi connectivity index (χ1v) is 6.91. The maximum absolute atomic E-state index is 6.09. The van der Waals surface area contributed by atoms with Gasteiger partial charge in [-0.2, -0.15) is 0 Å². The molecule has 1 aromatic rings. The van der Waals surface area contributed by atoms with E-state index in [0.717, 1.165) is 27.9 Å². The first-order valence-electron chi connectivity index (χ1n) is 5.74. The summed E-state index contributed by atoms with van der Waals surface area (Å²) in [6.45, 7) is 6.69. The molecule has 0 aliphatic rings. The highest BCUT2D eigenvalue weighted by atomic mass is 79.9. The zero-order valence-electron chi connectivity index (χ0n) is 10.6. The Labute approximate surface area is 117 Å². The topological polar surface area (TPSA) is 38.0 Å². The maximum atomic E-state index is 6.09. The maximum Gasteiger partial charge on any atom is 0.0551 e. The van der Waals surface area contributed by atoms with Crippen LogP contribution in [0.2, 0.25) is 5.02 Å². The fourth-order valence-electron chi connectivity index (χ4n) is 1.65. The summed E-state index contributed by atoms with van der Waals surface area (Å²) in [5.41, 5.74) is 4.31. The van der Waals surface area contributed by atoms with Crippen molar-refractivity contribution in [3.8, 4) is 0 Å². The van der Waals surface area contributed by atoms with Crippen molar-refractivity contribution in [1.82, 2.24) is 5.43 Å². The molecule has 0 fully saturated rings. The standard InChI is InChI=1S/C13H20BrClN2/c1-13(2,3)7-6-12(17-16)9-4-5-10(14)11(15)8-9/h4-5,8,12,17H,6-7,16H2,1-3H3. The highest BCUT2D eigenvalue weighted by molar-refractivity contribution is 9.10. The van der Waals surface area contributed by atoms with E-state index < -0.39 is 0 Å². The fraction of sp³-hybridized carbons (Fsp3) is 0.538. The molecule has 1 rings (SSSR count). The Balaban J connectivity index is 2.76. The third-order valence-corrected chi connectivity index (χ3v) is 3.96. The van der Waals surface area contributed by atoms with Gasteiger partial charge < -0.3 is 0 Å². The van der Waals surface area contributed by atoms with Crippen LogP contribution in [-0.2, 0) is 0 Å². The number of nitrogens with two attached hydrogens (primary N) is 1. The lowest BCUT2D eigenvalue weighted by Gasteiger charge is -2.23. The largest absolute Gasteiger partial charge is 0.271 e. The van der Waals surface area contributed by atoms with Crippen molar-refractivity contribution in [2.75, 3.05) is 0 Å². The number of rotatable bonds is 4. The highest BCUT2D eigenvalue weighted by Crippen LogP contribution is 2.30. The molecular formula is C13H20BrClN2. The molecule has 0 saturated heterocycles. The Kier molecular flexibility index (Phi) is 5.45. The lowest BCUT2D eigenvalue weighted by Crippen LogP contribution is -2.28. The molecule has 4 heteroatoms. The van der Waals surface area contributed by atoms with Gasteiger partial charge in [0.1, 0.15) is 0 Å². The van der Waals surface area contributed by atoms with E-state index in [1.54, 1.807) is 0 Å². The minimum absolute atomic E-state index is 0.153. The summed E-state index contributed by atoms with van der Waals surface area (Å²) in [4.78, 5) is 0. The SMILES string of the molecule is CC(C)(C)CCC(NN)c1ccc(Br)c(Cl)c1. The van der Waals surface area contributed by atoms with Gasteiger partial charge in [0, 0.05) is 10.5 Å². The van der Waals surface area contributed by atoms with Crippen LogP contribution in [-0.4, -0.2) is 0 Å². The van der Waals surface area contributed by atoms with E-state index in [4.69, 9.17) is 17.4 Å². The van der Waals surface area contributed by atoms with Crippen molar-refractivity contribution in [1.29, 1.82) is 0 Å². The Morgan fingerprint density at radius 2 is 2.06 bits per heavy atom. The summed E-state index contributed by atoms with van der Waals surface area (Å²) in [7, 11) is 0. The summed E-state index contributed by atoms with van der Waals surface area (Å²) >= 11 is 9.48. The quantitative estimate of drug-likeness (QED) is 0.636. The van der Waals surface area contributed by atoms with Gasteiger partial charge in [0.15, 0.2) is 0 Å². The number of halogens is 2. The lowest BCUT2D eigenvalue weighted by atomic mass is 9.87. The molecule has 1 atom stereocenters. The second kappa shape index (κ2) is 6.19. The number of hydrazine groups is 1. The van der Waals surface area contributed by atoms with Crippen LogP contribution in [0.5, 0.6) is 0 Å². The molecule has 3 N–H and O–H groups in total. The van der Waals surface area contributed by atoms with Crippen LogP contribution < -0.4 is 11.3 Å². The van der Waals surface area contributed by atoms with Crippen molar-refractivity contribution in [2.45, 2.75) is 39.7 Å². The molecule has 0 spiro atoms. The van der Waals surface area contributed by atoms with Crippen LogP contribution in [0.4, 0.5) is 0 Å². The van der Waals surface area contributed by atoms with E-state index in [1.807, 2.05) is 18.2 Å². The van der Waals surface area contributed by atoms with Crippen LogP contribution >= 0.6 is 27.5 Å². The average molecular weight is 320 g/mol. The fourth-order valence-corrected chi connectivity index (χ4v) is 2.09. The second-order valence-corrected chi connectivity index (χ2v) is 6.75. The molecule has 96 valence electrons. The Morgan fingerprint density at radius 3 is 2.53 bits per heavy atom. The zero-order chi connectivity index (χ0) is 13.1. The smallest absolute Gasteiger partial charge is 0.0551 e. The van der Waals surface area contributed by atoms with Crippen LogP contribution in [0.15, 0.2) is 22.7 Å². The molecule has 17 heavy (non-hydrogen) atoms. The molecule has 0 saturated carbocycles. The van der Waals surface area contributed by atoms with Gasteiger partial charge in [-0.1, -0.05) is 38.4 Å². The van der Waals surface area contributed by atoms with Crippen molar-refractivity contribution in [3.63, 3.8) is 0 Å². The molecule has 2 nitrogen and oxygen atoms in total. The lowest BCUT2D eigenvalue weighted by molar-refractivity contribution is 0.333. The summed E-state index contributed by atoms with van der Waals surface area (Å²) in [6.07, 6.45) is 2.10. The van der Waals surface area contributed by atoms with E-state index in [-0.39, 0.29) is 6.04 Å². The average Bonchev–Trinajstić information content (AvgIpc) is 2.22. The van der Waals surface area contributed by atoms with Gasteiger partial charge in [-0.05, 0) is 51.9 Å². The first-order chi connectivity index (χ1) is 7.83. The summed E-state index contributed by atoms with van der Waals surface area (Å²) in [5, 5.41) is 0.721. The van der Waals surface area contributed by atoms with E-state index in [9.17, 15) is 0 Å². The van der Waals surface area contributed by atoms with Gasteiger partial charge in [0.05, 0.1) is 5.02 Å².